The van der Waals surface area contributed by atoms with Crippen molar-refractivity contribution in [2.24, 2.45) is 0 Å². The Hall–Kier alpha value is -0.770. The molecule has 0 saturated carbocycles. The number of urea groups is 1. The number of aliphatic hydroxyl groups is 1. The van der Waals surface area contributed by atoms with Crippen molar-refractivity contribution in [3.8, 4) is 0 Å². The van der Waals surface area contributed by atoms with Gasteiger partial charge in [0.15, 0.2) is 0 Å². The fraction of sp³-hybridized carbons (Fsp3) is 0.900. The van der Waals surface area contributed by atoms with Gasteiger partial charge in [-0.2, -0.15) is 0 Å². The molecular formula is C10H22N2O2. The highest BCUT2D eigenvalue weighted by Gasteiger charge is 2.12. The number of carbonyl (C=O) groups is 1. The maximum absolute atomic E-state index is 11.2. The van der Waals surface area contributed by atoms with E-state index in [1.807, 2.05) is 20.8 Å². The van der Waals surface area contributed by atoms with Crippen molar-refractivity contribution in [1.29, 1.82) is 0 Å². The van der Waals surface area contributed by atoms with Crippen LogP contribution in [0.2, 0.25) is 0 Å². The van der Waals surface area contributed by atoms with Gasteiger partial charge in [-0.15, -0.1) is 0 Å². The van der Waals surface area contributed by atoms with Gasteiger partial charge in [-0.3, -0.25) is 0 Å². The molecule has 14 heavy (non-hydrogen) atoms. The third kappa shape index (κ3) is 9.32. The molecule has 0 aromatic carbocycles. The Kier molecular flexibility index (Phi) is 5.53. The highest BCUT2D eigenvalue weighted by molar-refractivity contribution is 5.74. The SMILES string of the molecule is CC(O)CCCNC(=O)NC(C)(C)C. The van der Waals surface area contributed by atoms with Crippen LogP contribution in [0.3, 0.4) is 0 Å². The second-order valence-electron chi connectivity index (χ2n) is 4.62. The van der Waals surface area contributed by atoms with Crippen LogP contribution in [0.4, 0.5) is 4.79 Å². The smallest absolute Gasteiger partial charge is 0.315 e. The molecule has 1 atom stereocenters. The first-order valence-electron chi connectivity index (χ1n) is 5.05. The summed E-state index contributed by atoms with van der Waals surface area (Å²) in [5, 5.41) is 14.5. The molecule has 0 rings (SSSR count). The first-order valence-corrected chi connectivity index (χ1v) is 5.05. The summed E-state index contributed by atoms with van der Waals surface area (Å²) in [7, 11) is 0. The summed E-state index contributed by atoms with van der Waals surface area (Å²) >= 11 is 0. The molecule has 0 spiro atoms. The fourth-order valence-corrected chi connectivity index (χ4v) is 0.984. The summed E-state index contributed by atoms with van der Waals surface area (Å²) in [4.78, 5) is 11.2. The molecule has 3 N–H and O–H groups in total. The van der Waals surface area contributed by atoms with Crippen LogP contribution in [0, 0.1) is 0 Å². The van der Waals surface area contributed by atoms with Gasteiger partial charge in [0, 0.05) is 12.1 Å². The van der Waals surface area contributed by atoms with Crippen molar-refractivity contribution in [1.82, 2.24) is 10.6 Å². The zero-order valence-corrected chi connectivity index (χ0v) is 9.55. The topological polar surface area (TPSA) is 61.4 Å². The summed E-state index contributed by atoms with van der Waals surface area (Å²) in [5.41, 5.74) is -0.200. The molecule has 0 heterocycles. The normalized spacial score (nSPS) is 13.5. The first kappa shape index (κ1) is 13.2. The van der Waals surface area contributed by atoms with Crippen LogP contribution >= 0.6 is 0 Å². The molecule has 2 amide bonds. The van der Waals surface area contributed by atoms with Crippen LogP contribution in [0.1, 0.15) is 40.5 Å². The lowest BCUT2D eigenvalue weighted by atomic mass is 10.1. The van der Waals surface area contributed by atoms with Gasteiger partial charge >= 0.3 is 6.03 Å². The van der Waals surface area contributed by atoms with Gasteiger partial charge in [0.25, 0.3) is 0 Å². The molecule has 4 heteroatoms. The number of nitrogens with one attached hydrogen (secondary N) is 2. The van der Waals surface area contributed by atoms with Gasteiger partial charge in [-0.25, -0.2) is 4.79 Å². The van der Waals surface area contributed by atoms with Crippen molar-refractivity contribution < 1.29 is 9.90 Å². The highest BCUT2D eigenvalue weighted by atomic mass is 16.3. The second kappa shape index (κ2) is 5.86. The van der Waals surface area contributed by atoms with Crippen LogP contribution < -0.4 is 10.6 Å². The molecule has 84 valence electrons. The average Bonchev–Trinajstić information content (AvgIpc) is 1.94. The van der Waals surface area contributed by atoms with Crippen LogP contribution in [0.15, 0.2) is 0 Å². The lowest BCUT2D eigenvalue weighted by Gasteiger charge is -2.20. The zero-order valence-electron chi connectivity index (χ0n) is 9.55. The molecule has 0 saturated heterocycles. The maximum atomic E-state index is 11.2. The highest BCUT2D eigenvalue weighted by Crippen LogP contribution is 1.98. The number of rotatable bonds is 4. The number of amides is 2. The summed E-state index contributed by atoms with van der Waals surface area (Å²) in [6, 6.07) is -0.150. The van der Waals surface area contributed by atoms with E-state index in [0.717, 1.165) is 12.8 Å². The Morgan fingerprint density at radius 3 is 2.43 bits per heavy atom. The summed E-state index contributed by atoms with van der Waals surface area (Å²) in [6.45, 7) is 8.15. The molecule has 0 fully saturated rings. The quantitative estimate of drug-likeness (QED) is 0.601. The van der Waals surface area contributed by atoms with Gasteiger partial charge in [-0.05, 0) is 40.5 Å². The van der Waals surface area contributed by atoms with Crippen LogP contribution in [0.5, 0.6) is 0 Å². The minimum absolute atomic E-state index is 0.150. The van der Waals surface area contributed by atoms with Gasteiger partial charge in [0.2, 0.25) is 0 Å². The number of hydrogen-bond acceptors (Lipinski definition) is 2. The predicted octanol–water partition coefficient (Wildman–Crippen LogP) is 1.25. The molecule has 0 aliphatic rings. The molecule has 0 aliphatic carbocycles. The van der Waals surface area contributed by atoms with E-state index in [1.165, 1.54) is 0 Å². The van der Waals surface area contributed by atoms with E-state index in [1.54, 1.807) is 6.92 Å². The van der Waals surface area contributed by atoms with Crippen molar-refractivity contribution in [3.05, 3.63) is 0 Å². The summed E-state index contributed by atoms with van der Waals surface area (Å²) in [6.07, 6.45) is 1.23. The lowest BCUT2D eigenvalue weighted by molar-refractivity contribution is 0.180. The van der Waals surface area contributed by atoms with Gasteiger partial charge in [-0.1, -0.05) is 0 Å². The van der Waals surface area contributed by atoms with Crippen molar-refractivity contribution in [3.63, 3.8) is 0 Å². The summed E-state index contributed by atoms with van der Waals surface area (Å²) < 4.78 is 0. The molecule has 4 nitrogen and oxygen atoms in total. The van der Waals surface area contributed by atoms with Gasteiger partial charge in [0.05, 0.1) is 6.10 Å². The zero-order chi connectivity index (χ0) is 11.2. The number of carbonyl (C=O) groups excluding carboxylic acids is 1. The van der Waals surface area contributed by atoms with E-state index in [2.05, 4.69) is 10.6 Å². The maximum Gasteiger partial charge on any atom is 0.315 e. The van der Waals surface area contributed by atoms with E-state index >= 15 is 0 Å². The Labute approximate surface area is 86.1 Å². The predicted molar refractivity (Wildman–Crippen MR) is 57.2 cm³/mol. The molecular weight excluding hydrogens is 180 g/mol. The molecule has 0 aromatic rings. The monoisotopic (exact) mass is 202 g/mol. The largest absolute Gasteiger partial charge is 0.393 e. The number of hydrogen-bond donors (Lipinski definition) is 3. The van der Waals surface area contributed by atoms with E-state index in [-0.39, 0.29) is 17.7 Å². The second-order valence-corrected chi connectivity index (χ2v) is 4.62. The van der Waals surface area contributed by atoms with E-state index < -0.39 is 0 Å². The first-order chi connectivity index (χ1) is 6.31. The standard InChI is InChI=1S/C10H22N2O2/c1-8(13)6-5-7-11-9(14)12-10(2,3)4/h8,13H,5-7H2,1-4H3,(H2,11,12,14). The van der Waals surface area contributed by atoms with Gasteiger partial charge < -0.3 is 15.7 Å². The van der Waals surface area contributed by atoms with Crippen LogP contribution in [-0.2, 0) is 0 Å². The Morgan fingerprint density at radius 1 is 1.43 bits per heavy atom. The third-order valence-corrected chi connectivity index (χ3v) is 1.57. The Morgan fingerprint density at radius 2 is 2.00 bits per heavy atom. The lowest BCUT2D eigenvalue weighted by Crippen LogP contribution is -2.46. The molecule has 0 aromatic heterocycles. The molecule has 1 unspecified atom stereocenters. The van der Waals surface area contributed by atoms with Crippen molar-refractivity contribution in [2.45, 2.75) is 52.2 Å². The van der Waals surface area contributed by atoms with Crippen molar-refractivity contribution >= 4 is 6.03 Å². The van der Waals surface area contributed by atoms with E-state index in [9.17, 15) is 4.79 Å². The molecule has 0 radical (unpaired) electrons. The minimum atomic E-state index is -0.289. The minimum Gasteiger partial charge on any atom is -0.393 e. The number of aliphatic hydroxyl groups excluding tert-OH is 1. The van der Waals surface area contributed by atoms with Crippen LogP contribution in [0.25, 0.3) is 0 Å². The van der Waals surface area contributed by atoms with Crippen molar-refractivity contribution in [2.75, 3.05) is 6.54 Å². The van der Waals surface area contributed by atoms with E-state index in [4.69, 9.17) is 5.11 Å². The van der Waals surface area contributed by atoms with Gasteiger partial charge in [0.1, 0.15) is 0 Å². The average molecular weight is 202 g/mol. The van der Waals surface area contributed by atoms with E-state index in [0.29, 0.717) is 6.54 Å². The third-order valence-electron chi connectivity index (χ3n) is 1.57. The Bertz CT molecular complexity index is 173. The summed E-state index contributed by atoms with van der Waals surface area (Å²) in [5.74, 6) is 0. The molecule has 0 aliphatic heterocycles. The molecule has 0 bridgehead atoms. The van der Waals surface area contributed by atoms with Crippen LogP contribution in [-0.4, -0.2) is 29.3 Å². The Balaban J connectivity index is 3.46. The fourth-order valence-electron chi connectivity index (χ4n) is 0.984.